The minimum absolute atomic E-state index is 0.0348. The molecule has 1 atom stereocenters. The van der Waals surface area contributed by atoms with Crippen LogP contribution >= 0.6 is 11.6 Å². The van der Waals surface area contributed by atoms with Crippen molar-refractivity contribution in [2.45, 2.75) is 43.3 Å². The smallest absolute Gasteiger partial charge is 0.224 e. The van der Waals surface area contributed by atoms with Crippen LogP contribution in [0.3, 0.4) is 0 Å². The number of ether oxygens (including phenoxy) is 1. The first kappa shape index (κ1) is 33.4. The molecule has 0 radical (unpaired) electrons. The molecule has 11 heteroatoms. The van der Waals surface area contributed by atoms with Gasteiger partial charge in [0.2, 0.25) is 11.5 Å². The molecule has 3 aromatic rings. The van der Waals surface area contributed by atoms with Crippen LogP contribution in [0.1, 0.15) is 52.7 Å². The number of aromatic hydroxyl groups is 2. The maximum Gasteiger partial charge on any atom is 0.224 e. The number of hydrogen-bond donors (Lipinski definition) is 5. The number of benzene rings is 3. The van der Waals surface area contributed by atoms with Gasteiger partial charge in [-0.05, 0) is 103 Å². The SMILES string of the molecule is O=C(CCCN1CCC(O)(c2ccc(Cl)cc2)CC1)c1ccc(F)cc1.O=C1C=CC2=C3c4cc(O)c(O)cc4CC3(O)COC2=C1O. The van der Waals surface area contributed by atoms with Crippen LogP contribution in [0.4, 0.5) is 4.39 Å². The lowest BCUT2D eigenvalue weighted by Gasteiger charge is -2.38. The number of likely N-dealkylation sites (tertiary alicyclic amines) is 1. The lowest BCUT2D eigenvalue weighted by Crippen LogP contribution is -2.42. The van der Waals surface area contributed by atoms with E-state index in [-0.39, 0.29) is 41.9 Å². The largest absolute Gasteiger partial charge is 0.504 e. The number of ketones is 2. The van der Waals surface area contributed by atoms with Crippen LogP contribution in [0.2, 0.25) is 5.02 Å². The van der Waals surface area contributed by atoms with Crippen LogP contribution in [0.25, 0.3) is 5.57 Å². The third-order valence-electron chi connectivity index (χ3n) is 9.35. The molecule has 1 unspecified atom stereocenters. The molecule has 9 nitrogen and oxygen atoms in total. The van der Waals surface area contributed by atoms with Gasteiger partial charge < -0.3 is 35.2 Å². The highest BCUT2D eigenvalue weighted by Gasteiger charge is 2.48. The molecule has 1 fully saturated rings. The second-order valence-corrected chi connectivity index (χ2v) is 13.0. The van der Waals surface area contributed by atoms with E-state index in [0.717, 1.165) is 31.6 Å². The van der Waals surface area contributed by atoms with E-state index in [1.54, 1.807) is 0 Å². The van der Waals surface area contributed by atoms with Gasteiger partial charge in [0, 0.05) is 47.7 Å². The summed E-state index contributed by atoms with van der Waals surface area (Å²) < 4.78 is 18.3. The fourth-order valence-electron chi connectivity index (χ4n) is 6.70. The summed E-state index contributed by atoms with van der Waals surface area (Å²) in [5, 5.41) is 51.6. The molecular weight excluding hydrogens is 641 g/mol. The fraction of sp³-hybridized carbons (Fsp3) is 0.297. The second kappa shape index (κ2) is 13.2. The minimum Gasteiger partial charge on any atom is -0.504 e. The number of rotatable bonds is 6. The number of Topliss-reactive ketones (excluding diaryl/α,β-unsaturated/α-hetero) is 1. The molecule has 250 valence electrons. The van der Waals surface area contributed by atoms with Crippen molar-refractivity contribution in [1.29, 1.82) is 0 Å². The Morgan fingerprint density at radius 2 is 1.58 bits per heavy atom. The Kier molecular flexibility index (Phi) is 9.19. The summed E-state index contributed by atoms with van der Waals surface area (Å²) in [5.74, 6) is -1.87. The third-order valence-corrected chi connectivity index (χ3v) is 9.60. The summed E-state index contributed by atoms with van der Waals surface area (Å²) >= 11 is 5.92. The molecule has 48 heavy (non-hydrogen) atoms. The molecule has 1 saturated heterocycles. The van der Waals surface area contributed by atoms with E-state index in [1.807, 2.05) is 24.3 Å². The number of carbonyl (C=O) groups excluding carboxylic acids is 2. The van der Waals surface area contributed by atoms with Crippen molar-refractivity contribution >= 4 is 28.7 Å². The van der Waals surface area contributed by atoms with E-state index < -0.39 is 22.7 Å². The van der Waals surface area contributed by atoms with Gasteiger partial charge >= 0.3 is 0 Å². The predicted molar refractivity (Wildman–Crippen MR) is 176 cm³/mol. The molecule has 4 aliphatic rings. The number of phenols is 2. The van der Waals surface area contributed by atoms with Crippen molar-refractivity contribution in [2.24, 2.45) is 0 Å². The molecule has 3 aromatic carbocycles. The maximum atomic E-state index is 12.9. The quantitative estimate of drug-likeness (QED) is 0.169. The summed E-state index contributed by atoms with van der Waals surface area (Å²) in [7, 11) is 0. The molecule has 0 saturated carbocycles. The maximum absolute atomic E-state index is 12.9. The number of hydrogen-bond acceptors (Lipinski definition) is 9. The van der Waals surface area contributed by atoms with Crippen LogP contribution in [0.15, 0.2) is 89.9 Å². The molecule has 0 amide bonds. The molecule has 2 aliphatic carbocycles. The zero-order valence-electron chi connectivity index (χ0n) is 26.0. The summed E-state index contributed by atoms with van der Waals surface area (Å²) in [6, 6.07) is 15.9. The molecule has 0 bridgehead atoms. The summed E-state index contributed by atoms with van der Waals surface area (Å²) in [5.41, 5.74) is 1.46. The van der Waals surface area contributed by atoms with Gasteiger partial charge in [-0.15, -0.1) is 0 Å². The highest BCUT2D eigenvalue weighted by molar-refractivity contribution is 6.30. The second-order valence-electron chi connectivity index (χ2n) is 12.6. The first-order valence-corrected chi connectivity index (χ1v) is 16.1. The lowest BCUT2D eigenvalue weighted by atomic mass is 9.84. The average Bonchev–Trinajstić information content (AvgIpc) is 3.36. The van der Waals surface area contributed by atoms with Gasteiger partial charge in [0.1, 0.15) is 18.0 Å². The summed E-state index contributed by atoms with van der Waals surface area (Å²) in [6.07, 6.45) is 5.44. The number of carbonyl (C=O) groups is 2. The van der Waals surface area contributed by atoms with Crippen molar-refractivity contribution in [3.8, 4) is 11.5 Å². The molecular formula is C37H35ClFNO8. The third kappa shape index (κ3) is 6.61. The topological polar surface area (TPSA) is 148 Å². The number of fused-ring (bicyclic) bond motifs is 4. The van der Waals surface area contributed by atoms with Crippen molar-refractivity contribution in [1.82, 2.24) is 4.90 Å². The first-order valence-electron chi connectivity index (χ1n) is 15.7. The van der Waals surface area contributed by atoms with Gasteiger partial charge in [-0.1, -0.05) is 23.7 Å². The zero-order chi connectivity index (χ0) is 34.2. The van der Waals surface area contributed by atoms with Crippen molar-refractivity contribution in [3.63, 3.8) is 0 Å². The number of phenolic OH excluding ortho intramolecular Hbond substituents is 2. The van der Waals surface area contributed by atoms with Crippen LogP contribution in [-0.4, -0.2) is 73.8 Å². The average molecular weight is 676 g/mol. The van der Waals surface area contributed by atoms with Crippen molar-refractivity contribution in [3.05, 3.63) is 123 Å². The van der Waals surface area contributed by atoms with E-state index in [1.165, 1.54) is 48.6 Å². The van der Waals surface area contributed by atoms with E-state index in [4.69, 9.17) is 16.3 Å². The Bertz CT molecular complexity index is 1840. The number of aliphatic hydroxyl groups is 3. The standard InChI is InChI=1S/C21H23ClFNO2.C16H12O6/c22-18-7-5-17(6-8-18)21(26)11-14-24(15-12-21)13-1-2-20(25)16-3-9-19(23)10-4-16;17-10-2-1-8-13-9-4-12(19)11(18)3-7(9)5-16(13,21)6-22-15(8)14(10)20/h3-10,26H,1-2,11-15H2;1-4,18-21H,5-6H2. The summed E-state index contributed by atoms with van der Waals surface area (Å²) in [6.45, 7) is 2.29. The van der Waals surface area contributed by atoms with Crippen molar-refractivity contribution in [2.75, 3.05) is 26.2 Å². The van der Waals surface area contributed by atoms with Crippen molar-refractivity contribution < 1.29 is 44.2 Å². The van der Waals surface area contributed by atoms with Crippen LogP contribution < -0.4 is 0 Å². The number of halogens is 2. The van der Waals surface area contributed by atoms with E-state index in [9.17, 15) is 39.5 Å². The molecule has 0 spiro atoms. The zero-order valence-corrected chi connectivity index (χ0v) is 26.7. The Hall–Kier alpha value is -4.48. The Labute approximate surface area is 281 Å². The van der Waals surface area contributed by atoms with E-state index in [2.05, 4.69) is 4.90 Å². The summed E-state index contributed by atoms with van der Waals surface area (Å²) in [4.78, 5) is 25.9. The van der Waals surface area contributed by atoms with Gasteiger partial charge in [0.15, 0.2) is 23.0 Å². The molecule has 2 aliphatic heterocycles. The Balaban J connectivity index is 0.000000169. The van der Waals surface area contributed by atoms with Gasteiger partial charge in [-0.25, -0.2) is 4.39 Å². The van der Waals surface area contributed by atoms with E-state index >= 15 is 0 Å². The number of piperidine rings is 1. The van der Waals surface area contributed by atoms with Gasteiger partial charge in [-0.2, -0.15) is 0 Å². The van der Waals surface area contributed by atoms with Gasteiger partial charge in [0.25, 0.3) is 0 Å². The number of aliphatic hydroxyl groups excluding tert-OH is 1. The Morgan fingerprint density at radius 1 is 0.917 bits per heavy atom. The normalized spacial score (nSPS) is 21.1. The monoisotopic (exact) mass is 675 g/mol. The fourth-order valence-corrected chi connectivity index (χ4v) is 6.82. The first-order chi connectivity index (χ1) is 22.9. The number of allylic oxidation sites excluding steroid dienone is 2. The van der Waals surface area contributed by atoms with Gasteiger partial charge in [-0.3, -0.25) is 9.59 Å². The molecule has 5 N–H and O–H groups in total. The molecule has 0 aromatic heterocycles. The number of nitrogens with zero attached hydrogens (tertiary/aromatic N) is 1. The molecule has 7 rings (SSSR count). The van der Waals surface area contributed by atoms with E-state index in [0.29, 0.717) is 52.1 Å². The Morgan fingerprint density at radius 3 is 2.27 bits per heavy atom. The minimum atomic E-state index is -1.33. The molecule has 2 heterocycles. The lowest BCUT2D eigenvalue weighted by molar-refractivity contribution is -0.114. The highest BCUT2D eigenvalue weighted by atomic mass is 35.5. The van der Waals surface area contributed by atoms with Crippen LogP contribution in [0.5, 0.6) is 11.5 Å². The highest BCUT2D eigenvalue weighted by Crippen LogP contribution is 2.50. The van der Waals surface area contributed by atoms with Gasteiger partial charge in [0.05, 0.1) is 5.60 Å². The van der Waals surface area contributed by atoms with Crippen LogP contribution in [0, 0.1) is 5.82 Å². The van der Waals surface area contributed by atoms with Crippen LogP contribution in [-0.2, 0) is 21.6 Å². The predicted octanol–water partition coefficient (Wildman–Crippen LogP) is 5.50.